The summed E-state index contributed by atoms with van der Waals surface area (Å²) in [6.07, 6.45) is 1.73. The molecule has 0 bridgehead atoms. The molecule has 0 atom stereocenters. The molecule has 0 radical (unpaired) electrons. The summed E-state index contributed by atoms with van der Waals surface area (Å²) in [6.45, 7) is 0. The zero-order chi connectivity index (χ0) is 9.97. The van der Waals surface area contributed by atoms with Crippen LogP contribution in [0.2, 0.25) is 0 Å². The van der Waals surface area contributed by atoms with Gasteiger partial charge in [0.1, 0.15) is 0 Å². The SMILES string of the molecule is Brc1nccc(-c2ccccc2Br)n1. The van der Waals surface area contributed by atoms with E-state index in [-0.39, 0.29) is 0 Å². The Bertz CT molecular complexity index is 457. The van der Waals surface area contributed by atoms with E-state index in [1.54, 1.807) is 6.20 Å². The topological polar surface area (TPSA) is 25.8 Å². The van der Waals surface area contributed by atoms with Crippen LogP contribution in [0.5, 0.6) is 0 Å². The molecule has 0 saturated carbocycles. The van der Waals surface area contributed by atoms with Crippen molar-refractivity contribution in [3.8, 4) is 11.3 Å². The van der Waals surface area contributed by atoms with Crippen molar-refractivity contribution in [1.29, 1.82) is 0 Å². The second-order valence-electron chi connectivity index (χ2n) is 2.69. The first kappa shape index (κ1) is 9.80. The van der Waals surface area contributed by atoms with Crippen LogP contribution in [-0.2, 0) is 0 Å². The van der Waals surface area contributed by atoms with Crippen LogP contribution in [0.4, 0.5) is 0 Å². The molecule has 0 unspecified atom stereocenters. The van der Waals surface area contributed by atoms with E-state index in [0.717, 1.165) is 15.7 Å². The average molecular weight is 314 g/mol. The molecular weight excluding hydrogens is 308 g/mol. The van der Waals surface area contributed by atoms with E-state index in [1.165, 1.54) is 0 Å². The third-order valence-corrected chi connectivity index (χ3v) is 2.85. The maximum Gasteiger partial charge on any atom is 0.197 e. The van der Waals surface area contributed by atoms with Crippen molar-refractivity contribution in [3.63, 3.8) is 0 Å². The van der Waals surface area contributed by atoms with Crippen LogP contribution in [0.3, 0.4) is 0 Å². The van der Waals surface area contributed by atoms with E-state index < -0.39 is 0 Å². The monoisotopic (exact) mass is 312 g/mol. The molecule has 0 amide bonds. The predicted molar refractivity (Wildman–Crippen MR) is 62.9 cm³/mol. The quantitative estimate of drug-likeness (QED) is 0.751. The molecule has 1 heterocycles. The Morgan fingerprint density at radius 1 is 1.00 bits per heavy atom. The number of benzene rings is 1. The van der Waals surface area contributed by atoms with Crippen LogP contribution < -0.4 is 0 Å². The Balaban J connectivity index is 2.55. The first-order valence-corrected chi connectivity index (χ1v) is 5.59. The zero-order valence-corrected chi connectivity index (χ0v) is 10.3. The zero-order valence-electron chi connectivity index (χ0n) is 7.11. The Morgan fingerprint density at radius 2 is 1.79 bits per heavy atom. The van der Waals surface area contributed by atoms with Gasteiger partial charge in [-0.25, -0.2) is 9.97 Å². The lowest BCUT2D eigenvalue weighted by molar-refractivity contribution is 1.11. The highest BCUT2D eigenvalue weighted by molar-refractivity contribution is 9.10. The van der Waals surface area contributed by atoms with Crippen molar-refractivity contribution in [2.75, 3.05) is 0 Å². The lowest BCUT2D eigenvalue weighted by Gasteiger charge is -2.02. The van der Waals surface area contributed by atoms with Crippen molar-refractivity contribution in [2.24, 2.45) is 0 Å². The van der Waals surface area contributed by atoms with E-state index >= 15 is 0 Å². The summed E-state index contributed by atoms with van der Waals surface area (Å²) in [5, 5.41) is 0. The van der Waals surface area contributed by atoms with Gasteiger partial charge >= 0.3 is 0 Å². The minimum absolute atomic E-state index is 0.603. The third-order valence-electron chi connectivity index (χ3n) is 1.78. The van der Waals surface area contributed by atoms with Crippen LogP contribution in [0.1, 0.15) is 0 Å². The number of rotatable bonds is 1. The van der Waals surface area contributed by atoms with E-state index in [2.05, 4.69) is 41.8 Å². The summed E-state index contributed by atoms with van der Waals surface area (Å²) in [6, 6.07) is 9.84. The molecule has 0 spiro atoms. The Kier molecular flexibility index (Phi) is 2.93. The highest BCUT2D eigenvalue weighted by Crippen LogP contribution is 2.26. The van der Waals surface area contributed by atoms with Crippen LogP contribution in [0.15, 0.2) is 45.7 Å². The van der Waals surface area contributed by atoms with Crippen LogP contribution in [0, 0.1) is 0 Å². The molecule has 1 aromatic heterocycles. The Labute approximate surface area is 98.7 Å². The van der Waals surface area contributed by atoms with Gasteiger partial charge in [0.15, 0.2) is 4.73 Å². The van der Waals surface area contributed by atoms with Gasteiger partial charge in [-0.15, -0.1) is 0 Å². The minimum Gasteiger partial charge on any atom is -0.231 e. The first-order valence-electron chi connectivity index (χ1n) is 4.01. The van der Waals surface area contributed by atoms with Gasteiger partial charge in [-0.05, 0) is 28.1 Å². The van der Waals surface area contributed by atoms with Crippen molar-refractivity contribution in [3.05, 3.63) is 45.7 Å². The predicted octanol–water partition coefficient (Wildman–Crippen LogP) is 3.67. The molecule has 0 fully saturated rings. The van der Waals surface area contributed by atoms with Crippen molar-refractivity contribution in [1.82, 2.24) is 9.97 Å². The maximum absolute atomic E-state index is 4.28. The van der Waals surface area contributed by atoms with Gasteiger partial charge in [0, 0.05) is 16.2 Å². The summed E-state index contributed by atoms with van der Waals surface area (Å²) in [7, 11) is 0. The van der Waals surface area contributed by atoms with Gasteiger partial charge in [0.2, 0.25) is 0 Å². The number of halogens is 2. The number of aromatic nitrogens is 2. The number of hydrogen-bond acceptors (Lipinski definition) is 2. The summed E-state index contributed by atoms with van der Waals surface area (Å²) in [4.78, 5) is 8.27. The lowest BCUT2D eigenvalue weighted by atomic mass is 10.1. The largest absolute Gasteiger partial charge is 0.231 e. The van der Waals surface area contributed by atoms with Gasteiger partial charge in [0.25, 0.3) is 0 Å². The summed E-state index contributed by atoms with van der Waals surface area (Å²) in [5.41, 5.74) is 1.97. The molecule has 0 aliphatic carbocycles. The number of hydrogen-bond donors (Lipinski definition) is 0. The molecule has 4 heteroatoms. The number of nitrogens with zero attached hydrogens (tertiary/aromatic N) is 2. The summed E-state index contributed by atoms with van der Waals surface area (Å²) >= 11 is 6.73. The van der Waals surface area contributed by atoms with Gasteiger partial charge in [-0.3, -0.25) is 0 Å². The average Bonchev–Trinajstić information content (AvgIpc) is 2.18. The van der Waals surface area contributed by atoms with E-state index in [9.17, 15) is 0 Å². The molecule has 2 aromatic rings. The Morgan fingerprint density at radius 3 is 2.50 bits per heavy atom. The van der Waals surface area contributed by atoms with E-state index in [0.29, 0.717) is 4.73 Å². The molecule has 0 saturated heterocycles. The molecule has 0 aliphatic rings. The van der Waals surface area contributed by atoms with Crippen LogP contribution in [-0.4, -0.2) is 9.97 Å². The molecule has 2 rings (SSSR count). The van der Waals surface area contributed by atoms with Crippen molar-refractivity contribution >= 4 is 31.9 Å². The highest BCUT2D eigenvalue weighted by Gasteiger charge is 2.03. The highest BCUT2D eigenvalue weighted by atomic mass is 79.9. The molecule has 70 valence electrons. The fraction of sp³-hybridized carbons (Fsp3) is 0. The molecule has 1 aromatic carbocycles. The molecule has 0 N–H and O–H groups in total. The van der Waals surface area contributed by atoms with E-state index in [4.69, 9.17) is 0 Å². The minimum atomic E-state index is 0.603. The normalized spacial score (nSPS) is 10.1. The van der Waals surface area contributed by atoms with Crippen LogP contribution >= 0.6 is 31.9 Å². The second kappa shape index (κ2) is 4.19. The fourth-order valence-corrected chi connectivity index (χ4v) is 1.95. The molecule has 14 heavy (non-hydrogen) atoms. The third kappa shape index (κ3) is 2.01. The maximum atomic E-state index is 4.28. The second-order valence-corrected chi connectivity index (χ2v) is 4.25. The fourth-order valence-electron chi connectivity index (χ4n) is 1.15. The van der Waals surface area contributed by atoms with Gasteiger partial charge in [0.05, 0.1) is 5.69 Å². The molecular formula is C10H6Br2N2. The summed E-state index contributed by atoms with van der Waals surface area (Å²) < 4.78 is 1.64. The van der Waals surface area contributed by atoms with E-state index in [1.807, 2.05) is 30.3 Å². The van der Waals surface area contributed by atoms with Crippen molar-refractivity contribution < 1.29 is 0 Å². The smallest absolute Gasteiger partial charge is 0.197 e. The van der Waals surface area contributed by atoms with Gasteiger partial charge in [-0.1, -0.05) is 34.1 Å². The molecule has 0 aliphatic heterocycles. The summed E-state index contributed by atoms with van der Waals surface area (Å²) in [5.74, 6) is 0. The van der Waals surface area contributed by atoms with Crippen molar-refractivity contribution in [2.45, 2.75) is 0 Å². The lowest BCUT2D eigenvalue weighted by Crippen LogP contribution is -1.87. The first-order chi connectivity index (χ1) is 6.77. The van der Waals surface area contributed by atoms with Gasteiger partial charge < -0.3 is 0 Å². The van der Waals surface area contributed by atoms with Gasteiger partial charge in [-0.2, -0.15) is 0 Å². The standard InChI is InChI=1S/C10H6Br2N2/c11-8-4-2-1-3-7(8)9-5-6-13-10(12)14-9/h1-6H. The Hall–Kier alpha value is -0.740. The van der Waals surface area contributed by atoms with Crippen LogP contribution in [0.25, 0.3) is 11.3 Å². The molecule has 2 nitrogen and oxygen atoms in total.